The number of carbonyl (C=O) groups is 1. The lowest BCUT2D eigenvalue weighted by atomic mass is 10.1. The van der Waals surface area contributed by atoms with E-state index in [2.05, 4.69) is 9.44 Å². The summed E-state index contributed by atoms with van der Waals surface area (Å²) in [7, 11) is -3.77. The minimum absolute atomic E-state index is 0.0441. The smallest absolute Gasteiger partial charge is 0.338 e. The van der Waals surface area contributed by atoms with Crippen molar-refractivity contribution in [3.63, 3.8) is 0 Å². The van der Waals surface area contributed by atoms with Gasteiger partial charge in [-0.2, -0.15) is 13.1 Å². The second-order valence-corrected chi connectivity index (χ2v) is 6.15. The van der Waals surface area contributed by atoms with E-state index in [-0.39, 0.29) is 23.7 Å². The molecule has 7 heteroatoms. The van der Waals surface area contributed by atoms with Gasteiger partial charge in [0.2, 0.25) is 0 Å². The second kappa shape index (κ2) is 6.03. The molecule has 6 nitrogen and oxygen atoms in total. The molecule has 0 spiro atoms. The summed E-state index contributed by atoms with van der Waals surface area (Å²) in [6.07, 6.45) is 0. The van der Waals surface area contributed by atoms with Crippen molar-refractivity contribution in [3.05, 3.63) is 29.3 Å². The second-order valence-electron chi connectivity index (χ2n) is 4.65. The molecule has 0 radical (unpaired) electrons. The van der Waals surface area contributed by atoms with E-state index in [9.17, 15) is 13.2 Å². The van der Waals surface area contributed by atoms with E-state index in [4.69, 9.17) is 5.11 Å². The Morgan fingerprint density at radius 1 is 1.37 bits per heavy atom. The van der Waals surface area contributed by atoms with Gasteiger partial charge in [-0.1, -0.05) is 26.0 Å². The van der Waals surface area contributed by atoms with Gasteiger partial charge in [-0.05, 0) is 24.5 Å². The van der Waals surface area contributed by atoms with Crippen molar-refractivity contribution in [3.8, 4) is 0 Å². The van der Waals surface area contributed by atoms with Crippen molar-refractivity contribution in [2.45, 2.75) is 20.8 Å². The molecule has 106 valence electrons. The quantitative estimate of drug-likeness (QED) is 0.740. The number of carboxylic acids is 1. The molecule has 0 bridgehead atoms. The molecule has 1 rings (SSSR count). The highest BCUT2D eigenvalue weighted by atomic mass is 32.2. The van der Waals surface area contributed by atoms with E-state index < -0.39 is 16.2 Å². The summed E-state index contributed by atoms with van der Waals surface area (Å²) in [5.41, 5.74) is 0.512. The first-order chi connectivity index (χ1) is 8.73. The molecule has 0 saturated heterocycles. The van der Waals surface area contributed by atoms with E-state index in [1.165, 1.54) is 6.07 Å². The third-order valence-electron chi connectivity index (χ3n) is 2.41. The van der Waals surface area contributed by atoms with Gasteiger partial charge in [-0.15, -0.1) is 0 Å². The van der Waals surface area contributed by atoms with Gasteiger partial charge in [0.05, 0.1) is 11.3 Å². The summed E-state index contributed by atoms with van der Waals surface area (Å²) in [5, 5.41) is 9.11. The molecular weight excluding hydrogens is 268 g/mol. The van der Waals surface area contributed by atoms with E-state index in [1.54, 1.807) is 19.1 Å². The summed E-state index contributed by atoms with van der Waals surface area (Å²) >= 11 is 0. The average molecular weight is 286 g/mol. The number of aromatic carboxylic acids is 1. The number of anilines is 1. The van der Waals surface area contributed by atoms with E-state index >= 15 is 0 Å². The third-order valence-corrected chi connectivity index (χ3v) is 3.45. The van der Waals surface area contributed by atoms with Crippen molar-refractivity contribution >= 4 is 21.9 Å². The van der Waals surface area contributed by atoms with Gasteiger partial charge in [0.25, 0.3) is 10.2 Å². The lowest BCUT2D eigenvalue weighted by Gasteiger charge is -2.13. The Balaban J connectivity index is 3.00. The molecule has 0 aliphatic heterocycles. The standard InChI is InChI=1S/C12H18N2O4S/c1-8(2)7-13-19(17,18)14-10-6-4-5-9(3)11(10)12(15)16/h4-6,8,13-14H,7H2,1-3H3,(H,15,16). The van der Waals surface area contributed by atoms with Crippen molar-refractivity contribution < 1.29 is 18.3 Å². The molecule has 0 aliphatic carbocycles. The van der Waals surface area contributed by atoms with Crippen LogP contribution < -0.4 is 9.44 Å². The van der Waals surface area contributed by atoms with Crippen LogP contribution in [0.15, 0.2) is 18.2 Å². The molecule has 1 aromatic carbocycles. The number of benzene rings is 1. The van der Waals surface area contributed by atoms with Crippen molar-refractivity contribution in [2.75, 3.05) is 11.3 Å². The zero-order valence-corrected chi connectivity index (χ0v) is 11.9. The number of aryl methyl sites for hydroxylation is 1. The fraction of sp³-hybridized carbons (Fsp3) is 0.417. The third kappa shape index (κ3) is 4.53. The van der Waals surface area contributed by atoms with E-state index in [0.717, 1.165) is 0 Å². The van der Waals surface area contributed by atoms with Gasteiger partial charge in [0, 0.05) is 6.54 Å². The van der Waals surface area contributed by atoms with E-state index in [0.29, 0.717) is 5.56 Å². The Bertz CT molecular complexity index is 567. The first kappa shape index (κ1) is 15.5. The zero-order chi connectivity index (χ0) is 14.6. The molecule has 19 heavy (non-hydrogen) atoms. The normalized spacial score (nSPS) is 11.6. The molecule has 1 aromatic rings. The molecule has 0 aliphatic rings. The maximum atomic E-state index is 11.8. The van der Waals surface area contributed by atoms with Gasteiger partial charge >= 0.3 is 5.97 Å². The summed E-state index contributed by atoms with van der Waals surface area (Å²) in [6.45, 7) is 5.64. The predicted molar refractivity (Wildman–Crippen MR) is 73.5 cm³/mol. The highest BCUT2D eigenvalue weighted by Crippen LogP contribution is 2.20. The molecule has 0 atom stereocenters. The molecular formula is C12H18N2O4S. The average Bonchev–Trinajstić information content (AvgIpc) is 2.25. The van der Waals surface area contributed by atoms with Crippen molar-refractivity contribution in [2.24, 2.45) is 5.92 Å². The number of hydrogen-bond donors (Lipinski definition) is 3. The predicted octanol–water partition coefficient (Wildman–Crippen LogP) is 1.60. The zero-order valence-electron chi connectivity index (χ0n) is 11.1. The highest BCUT2D eigenvalue weighted by molar-refractivity contribution is 7.90. The van der Waals surface area contributed by atoms with Gasteiger partial charge in [0.15, 0.2) is 0 Å². The fourth-order valence-electron chi connectivity index (χ4n) is 1.49. The molecule has 0 amide bonds. The van der Waals surface area contributed by atoms with Gasteiger partial charge < -0.3 is 5.11 Å². The molecule has 0 heterocycles. The number of rotatable bonds is 6. The van der Waals surface area contributed by atoms with Gasteiger partial charge in [-0.25, -0.2) is 4.79 Å². The number of carboxylic acid groups (broad SMARTS) is 1. The van der Waals surface area contributed by atoms with Crippen LogP contribution >= 0.6 is 0 Å². The topological polar surface area (TPSA) is 95.5 Å². The molecule has 0 aromatic heterocycles. The Morgan fingerprint density at radius 3 is 2.53 bits per heavy atom. The Morgan fingerprint density at radius 2 is 2.00 bits per heavy atom. The van der Waals surface area contributed by atoms with Crippen LogP contribution in [0.3, 0.4) is 0 Å². The fourth-order valence-corrected chi connectivity index (χ4v) is 2.58. The van der Waals surface area contributed by atoms with Crippen molar-refractivity contribution in [1.82, 2.24) is 4.72 Å². The van der Waals surface area contributed by atoms with Crippen LogP contribution in [-0.4, -0.2) is 26.0 Å². The Hall–Kier alpha value is -1.60. The van der Waals surface area contributed by atoms with Crippen LogP contribution in [-0.2, 0) is 10.2 Å². The Labute approximate surface area is 113 Å². The molecule has 0 saturated carbocycles. The highest BCUT2D eigenvalue weighted by Gasteiger charge is 2.17. The molecule has 0 unspecified atom stereocenters. The van der Waals surface area contributed by atoms with Crippen LogP contribution in [0.5, 0.6) is 0 Å². The van der Waals surface area contributed by atoms with Crippen LogP contribution in [0.2, 0.25) is 0 Å². The summed E-state index contributed by atoms with van der Waals surface area (Å²) in [4.78, 5) is 11.1. The largest absolute Gasteiger partial charge is 0.478 e. The van der Waals surface area contributed by atoms with Gasteiger partial charge in [0.1, 0.15) is 0 Å². The summed E-state index contributed by atoms with van der Waals surface area (Å²) in [5.74, 6) is -1.01. The minimum atomic E-state index is -3.77. The van der Waals surface area contributed by atoms with Crippen LogP contribution in [0.4, 0.5) is 5.69 Å². The first-order valence-corrected chi connectivity index (χ1v) is 7.31. The van der Waals surface area contributed by atoms with Crippen molar-refractivity contribution in [1.29, 1.82) is 0 Å². The monoisotopic (exact) mass is 286 g/mol. The van der Waals surface area contributed by atoms with Gasteiger partial charge in [-0.3, -0.25) is 4.72 Å². The van der Waals surface area contributed by atoms with Crippen LogP contribution in [0.1, 0.15) is 29.8 Å². The van der Waals surface area contributed by atoms with Crippen LogP contribution in [0.25, 0.3) is 0 Å². The first-order valence-electron chi connectivity index (χ1n) is 5.83. The Kier molecular flexibility index (Phi) is 4.90. The minimum Gasteiger partial charge on any atom is -0.478 e. The summed E-state index contributed by atoms with van der Waals surface area (Å²) < 4.78 is 28.2. The lowest BCUT2D eigenvalue weighted by Crippen LogP contribution is -2.33. The molecule has 0 fully saturated rings. The number of hydrogen-bond acceptors (Lipinski definition) is 3. The SMILES string of the molecule is Cc1cccc(NS(=O)(=O)NCC(C)C)c1C(=O)O. The maximum absolute atomic E-state index is 11.8. The summed E-state index contributed by atoms with van der Waals surface area (Å²) in [6, 6.07) is 4.63. The maximum Gasteiger partial charge on any atom is 0.338 e. The van der Waals surface area contributed by atoms with E-state index in [1.807, 2.05) is 13.8 Å². The molecule has 3 N–H and O–H groups in total. The van der Waals surface area contributed by atoms with Crippen LogP contribution in [0, 0.1) is 12.8 Å². The lowest BCUT2D eigenvalue weighted by molar-refractivity contribution is 0.0697. The number of nitrogens with one attached hydrogen (secondary N) is 2.